The Morgan fingerprint density at radius 3 is 3.08 bits per heavy atom. The van der Waals surface area contributed by atoms with Crippen molar-refractivity contribution in [2.45, 2.75) is 5.92 Å². The van der Waals surface area contributed by atoms with E-state index in [2.05, 4.69) is 9.68 Å². The average Bonchev–Trinajstić information content (AvgIpc) is 2.55. The number of hydrogen-bond donors (Lipinski definition) is 0. The Kier molecular flexibility index (Phi) is 2.43. The lowest BCUT2D eigenvalue weighted by atomic mass is 10.1. The van der Waals surface area contributed by atoms with Gasteiger partial charge in [0.05, 0.1) is 13.2 Å². The van der Waals surface area contributed by atoms with Crippen molar-refractivity contribution in [2.75, 3.05) is 7.11 Å². The highest BCUT2D eigenvalue weighted by Crippen LogP contribution is 2.17. The minimum atomic E-state index is -0.901. The zero-order valence-corrected chi connectivity index (χ0v) is 6.35. The summed E-state index contributed by atoms with van der Waals surface area (Å²) in [5.74, 6) is -0.446. The van der Waals surface area contributed by atoms with Crippen molar-refractivity contribution < 1.29 is 14.1 Å². The lowest BCUT2D eigenvalue weighted by Crippen LogP contribution is -1.93. The number of rotatable bonds is 3. The molecule has 0 aliphatic heterocycles. The summed E-state index contributed by atoms with van der Waals surface area (Å²) in [7, 11) is 1.42. The smallest absolute Gasteiger partial charge is 0.254 e. The van der Waals surface area contributed by atoms with E-state index in [9.17, 15) is 4.79 Å². The fraction of sp³-hybridized carbons (Fsp3) is 0.286. The summed E-state index contributed by atoms with van der Waals surface area (Å²) in [5.41, 5.74) is 0. The molecule has 1 atom stereocenters. The van der Waals surface area contributed by atoms with Crippen molar-refractivity contribution in [3.63, 3.8) is 0 Å². The molecule has 0 fully saturated rings. The molecule has 5 nitrogen and oxygen atoms in total. The highest BCUT2D eigenvalue weighted by atomic mass is 16.5. The molecule has 0 amide bonds. The molecule has 0 bridgehead atoms. The molecule has 0 N–H and O–H groups in total. The third kappa shape index (κ3) is 1.42. The first-order valence-corrected chi connectivity index (χ1v) is 3.17. The molecule has 0 spiro atoms. The Bertz CT molecular complexity index is 313. The van der Waals surface area contributed by atoms with Crippen LogP contribution in [0.1, 0.15) is 11.7 Å². The first-order valence-electron chi connectivity index (χ1n) is 3.17. The van der Waals surface area contributed by atoms with Gasteiger partial charge >= 0.3 is 0 Å². The number of nitriles is 1. The Morgan fingerprint density at radius 2 is 2.67 bits per heavy atom. The fourth-order valence-electron chi connectivity index (χ4n) is 0.676. The second-order valence-corrected chi connectivity index (χ2v) is 2.01. The summed E-state index contributed by atoms with van der Waals surface area (Å²) in [6.07, 6.45) is 0.486. The lowest BCUT2D eigenvalue weighted by molar-refractivity contribution is -0.108. The minimum absolute atomic E-state index is 0.198. The first-order chi connectivity index (χ1) is 5.81. The van der Waals surface area contributed by atoms with Crippen LogP contribution in [0.5, 0.6) is 5.88 Å². The number of ether oxygens (including phenoxy) is 1. The quantitative estimate of drug-likeness (QED) is 0.610. The molecule has 1 unspecified atom stereocenters. The van der Waals surface area contributed by atoms with Crippen molar-refractivity contribution in [3.05, 3.63) is 11.8 Å². The molecule has 62 valence electrons. The van der Waals surface area contributed by atoms with Crippen LogP contribution in [-0.2, 0) is 4.79 Å². The Morgan fingerprint density at radius 1 is 1.92 bits per heavy atom. The largest absolute Gasteiger partial charge is 0.479 e. The Hall–Kier alpha value is -1.83. The molecule has 0 radical (unpaired) electrons. The molecule has 1 heterocycles. The van der Waals surface area contributed by atoms with E-state index in [-0.39, 0.29) is 11.6 Å². The van der Waals surface area contributed by atoms with E-state index in [1.54, 1.807) is 6.07 Å². The van der Waals surface area contributed by atoms with Gasteiger partial charge in [-0.2, -0.15) is 5.26 Å². The lowest BCUT2D eigenvalue weighted by Gasteiger charge is -1.89. The summed E-state index contributed by atoms with van der Waals surface area (Å²) < 4.78 is 9.37. The molecule has 0 aliphatic rings. The van der Waals surface area contributed by atoms with Crippen LogP contribution in [-0.4, -0.2) is 18.6 Å². The monoisotopic (exact) mass is 166 g/mol. The number of hydrogen-bond acceptors (Lipinski definition) is 5. The highest BCUT2D eigenvalue weighted by Gasteiger charge is 2.15. The first kappa shape index (κ1) is 8.27. The van der Waals surface area contributed by atoms with Crippen LogP contribution in [0.15, 0.2) is 10.6 Å². The number of nitrogens with zero attached hydrogens (tertiary/aromatic N) is 2. The van der Waals surface area contributed by atoms with Gasteiger partial charge in [-0.05, 0) is 5.16 Å². The van der Waals surface area contributed by atoms with Crippen molar-refractivity contribution in [1.82, 2.24) is 5.16 Å². The Labute approximate surface area is 68.5 Å². The van der Waals surface area contributed by atoms with Gasteiger partial charge in [0.15, 0.2) is 11.7 Å². The second kappa shape index (κ2) is 3.53. The van der Waals surface area contributed by atoms with Crippen LogP contribution in [0.2, 0.25) is 0 Å². The maximum Gasteiger partial charge on any atom is 0.254 e. The van der Waals surface area contributed by atoms with Gasteiger partial charge in [-0.15, -0.1) is 0 Å². The van der Waals surface area contributed by atoms with Gasteiger partial charge in [-0.25, -0.2) is 0 Å². The predicted octanol–water partition coefficient (Wildman–Crippen LogP) is 0.489. The van der Waals surface area contributed by atoms with Gasteiger partial charge in [0.2, 0.25) is 0 Å². The summed E-state index contributed by atoms with van der Waals surface area (Å²) in [6.45, 7) is 0. The molecule has 0 saturated carbocycles. The van der Waals surface area contributed by atoms with Crippen LogP contribution in [0.25, 0.3) is 0 Å². The number of aldehydes is 1. The molecular formula is C7H6N2O3. The van der Waals surface area contributed by atoms with Gasteiger partial charge in [0, 0.05) is 6.07 Å². The summed E-state index contributed by atoms with van der Waals surface area (Å²) in [4.78, 5) is 10.3. The fourth-order valence-corrected chi connectivity index (χ4v) is 0.676. The maximum absolute atomic E-state index is 10.3. The second-order valence-electron chi connectivity index (χ2n) is 2.01. The van der Waals surface area contributed by atoms with E-state index in [1.165, 1.54) is 13.2 Å². The predicted molar refractivity (Wildman–Crippen MR) is 37.5 cm³/mol. The van der Waals surface area contributed by atoms with Gasteiger partial charge in [-0.1, -0.05) is 0 Å². The van der Waals surface area contributed by atoms with Gasteiger partial charge in [-0.3, -0.25) is 0 Å². The normalized spacial score (nSPS) is 11.7. The summed E-state index contributed by atoms with van der Waals surface area (Å²) in [6, 6.07) is 3.15. The molecule has 12 heavy (non-hydrogen) atoms. The van der Waals surface area contributed by atoms with Crippen LogP contribution in [0.4, 0.5) is 0 Å². The van der Waals surface area contributed by atoms with E-state index in [4.69, 9.17) is 10.00 Å². The molecule has 1 aromatic rings. The summed E-state index contributed by atoms with van der Waals surface area (Å²) >= 11 is 0. The van der Waals surface area contributed by atoms with Crippen molar-refractivity contribution in [2.24, 2.45) is 0 Å². The molecule has 5 heteroatoms. The van der Waals surface area contributed by atoms with Gasteiger partial charge < -0.3 is 14.1 Å². The van der Waals surface area contributed by atoms with Crippen LogP contribution in [0, 0.1) is 11.3 Å². The molecule has 0 saturated heterocycles. The molecular weight excluding hydrogens is 160 g/mol. The molecule has 1 aromatic heterocycles. The minimum Gasteiger partial charge on any atom is -0.479 e. The van der Waals surface area contributed by atoms with Crippen molar-refractivity contribution in [3.8, 4) is 11.9 Å². The SMILES string of the molecule is COc1cc(C(C#N)C=O)on1. The van der Waals surface area contributed by atoms with Crippen molar-refractivity contribution in [1.29, 1.82) is 5.26 Å². The molecule has 0 aliphatic carbocycles. The standard InChI is InChI=1S/C7H6N2O3/c1-11-7-2-6(12-9-7)5(3-8)4-10/h2,4-5H,1H3. The van der Waals surface area contributed by atoms with Crippen molar-refractivity contribution >= 4 is 6.29 Å². The highest BCUT2D eigenvalue weighted by molar-refractivity contribution is 5.64. The van der Waals surface area contributed by atoms with Gasteiger partial charge in [0.1, 0.15) is 6.29 Å². The number of carbonyl (C=O) groups is 1. The van der Waals surface area contributed by atoms with Crippen LogP contribution in [0.3, 0.4) is 0 Å². The third-order valence-corrected chi connectivity index (χ3v) is 1.30. The van der Waals surface area contributed by atoms with E-state index in [0.717, 1.165) is 0 Å². The van der Waals surface area contributed by atoms with E-state index in [0.29, 0.717) is 6.29 Å². The number of aromatic nitrogens is 1. The Balaban J connectivity index is 2.88. The molecule has 0 aromatic carbocycles. The number of methoxy groups -OCH3 is 1. The van der Waals surface area contributed by atoms with E-state index < -0.39 is 5.92 Å². The summed E-state index contributed by atoms with van der Waals surface area (Å²) in [5, 5.41) is 11.9. The maximum atomic E-state index is 10.3. The van der Waals surface area contributed by atoms with Crippen LogP contribution >= 0.6 is 0 Å². The average molecular weight is 166 g/mol. The van der Waals surface area contributed by atoms with E-state index in [1.807, 2.05) is 0 Å². The van der Waals surface area contributed by atoms with Gasteiger partial charge in [0.25, 0.3) is 5.88 Å². The van der Waals surface area contributed by atoms with Crippen LogP contribution < -0.4 is 4.74 Å². The zero-order chi connectivity index (χ0) is 8.97. The third-order valence-electron chi connectivity index (χ3n) is 1.30. The zero-order valence-electron chi connectivity index (χ0n) is 6.35. The topological polar surface area (TPSA) is 76.1 Å². The van der Waals surface area contributed by atoms with E-state index >= 15 is 0 Å². The molecule has 1 rings (SSSR count). The number of carbonyl (C=O) groups excluding carboxylic acids is 1.